The molecule has 0 saturated carbocycles. The molecule has 0 fully saturated rings. The highest BCUT2D eigenvalue weighted by Gasteiger charge is 2.21. The molecule has 1 aromatic carbocycles. The third-order valence-corrected chi connectivity index (χ3v) is 2.96. The lowest BCUT2D eigenvalue weighted by Gasteiger charge is -2.10. The van der Waals surface area contributed by atoms with Gasteiger partial charge in [-0.05, 0) is 24.1 Å². The third kappa shape index (κ3) is 2.16. The number of halogens is 1. The Morgan fingerprint density at radius 1 is 1.39 bits per heavy atom. The van der Waals surface area contributed by atoms with Crippen LogP contribution in [0.15, 0.2) is 22.7 Å². The van der Waals surface area contributed by atoms with Crippen molar-refractivity contribution in [3.05, 3.63) is 28.9 Å². The van der Waals surface area contributed by atoms with Crippen molar-refractivity contribution >= 4 is 17.5 Å². The molecule has 1 heterocycles. The zero-order chi connectivity index (χ0) is 13.3. The first-order valence-corrected chi connectivity index (χ1v) is 6.01. The summed E-state index contributed by atoms with van der Waals surface area (Å²) < 4.78 is 10.4. The van der Waals surface area contributed by atoms with Crippen LogP contribution in [0.1, 0.15) is 25.5 Å². The van der Waals surface area contributed by atoms with Gasteiger partial charge in [0.05, 0.1) is 18.4 Å². The minimum absolute atomic E-state index is 0.199. The van der Waals surface area contributed by atoms with Crippen molar-refractivity contribution in [2.75, 3.05) is 12.8 Å². The van der Waals surface area contributed by atoms with Crippen molar-refractivity contribution < 1.29 is 9.26 Å². The molecule has 0 bridgehead atoms. The van der Waals surface area contributed by atoms with E-state index in [1.54, 1.807) is 25.3 Å². The molecular formula is C13H15ClN2O2. The molecule has 96 valence electrons. The number of hydrogen-bond donors (Lipinski definition) is 1. The number of rotatable bonds is 3. The molecule has 0 aliphatic rings. The Kier molecular flexibility index (Phi) is 3.48. The molecule has 2 aromatic rings. The van der Waals surface area contributed by atoms with Gasteiger partial charge in [-0.1, -0.05) is 30.6 Å². The van der Waals surface area contributed by atoms with Crippen molar-refractivity contribution in [2.24, 2.45) is 0 Å². The van der Waals surface area contributed by atoms with E-state index in [0.717, 1.165) is 16.8 Å². The second-order valence-corrected chi connectivity index (χ2v) is 4.74. The molecule has 1 aromatic heterocycles. The van der Waals surface area contributed by atoms with Gasteiger partial charge in [0.25, 0.3) is 0 Å². The Morgan fingerprint density at radius 3 is 2.72 bits per heavy atom. The Balaban J connectivity index is 2.68. The van der Waals surface area contributed by atoms with E-state index in [0.29, 0.717) is 10.8 Å². The number of hydrogen-bond acceptors (Lipinski definition) is 4. The molecule has 4 nitrogen and oxygen atoms in total. The molecule has 0 saturated heterocycles. The first kappa shape index (κ1) is 12.8. The predicted molar refractivity (Wildman–Crippen MR) is 72.0 cm³/mol. The zero-order valence-corrected chi connectivity index (χ0v) is 11.3. The minimum atomic E-state index is 0.199. The summed E-state index contributed by atoms with van der Waals surface area (Å²) in [5.74, 6) is 1.17. The van der Waals surface area contributed by atoms with Crippen LogP contribution in [0.3, 0.4) is 0 Å². The topological polar surface area (TPSA) is 61.3 Å². The monoisotopic (exact) mass is 266 g/mol. The molecule has 0 aliphatic carbocycles. The number of methoxy groups -OCH3 is 1. The fourth-order valence-corrected chi connectivity index (χ4v) is 2.03. The minimum Gasteiger partial charge on any atom is -0.496 e. The number of anilines is 1. The lowest BCUT2D eigenvalue weighted by molar-refractivity contribution is 0.416. The van der Waals surface area contributed by atoms with Crippen molar-refractivity contribution in [3.63, 3.8) is 0 Å². The van der Waals surface area contributed by atoms with Crippen LogP contribution in [0.25, 0.3) is 11.1 Å². The molecule has 0 amide bonds. The van der Waals surface area contributed by atoms with Gasteiger partial charge in [-0.3, -0.25) is 0 Å². The summed E-state index contributed by atoms with van der Waals surface area (Å²) in [5.41, 5.74) is 8.21. The molecule has 0 spiro atoms. The van der Waals surface area contributed by atoms with Gasteiger partial charge in [0.1, 0.15) is 5.75 Å². The van der Waals surface area contributed by atoms with Gasteiger partial charge in [-0.15, -0.1) is 0 Å². The van der Waals surface area contributed by atoms with Gasteiger partial charge in [0.15, 0.2) is 0 Å². The first-order valence-electron chi connectivity index (χ1n) is 5.63. The average molecular weight is 267 g/mol. The standard InChI is InChI=1S/C13H15ClN2O2/c1-7(2)12-11(13(15)18-16-12)9-6-8(14)4-5-10(9)17-3/h4-7H,15H2,1-3H3. The summed E-state index contributed by atoms with van der Waals surface area (Å²) in [6, 6.07) is 5.37. The summed E-state index contributed by atoms with van der Waals surface area (Å²) in [7, 11) is 1.60. The summed E-state index contributed by atoms with van der Waals surface area (Å²) in [6.07, 6.45) is 0. The van der Waals surface area contributed by atoms with Crippen LogP contribution >= 0.6 is 11.6 Å². The predicted octanol–water partition coefficient (Wildman–Crippen LogP) is 3.71. The van der Waals surface area contributed by atoms with Gasteiger partial charge in [-0.2, -0.15) is 0 Å². The number of nitrogen functional groups attached to an aromatic ring is 1. The van der Waals surface area contributed by atoms with Crippen LogP contribution in [0.4, 0.5) is 5.88 Å². The second-order valence-electron chi connectivity index (χ2n) is 4.31. The van der Waals surface area contributed by atoms with E-state index in [-0.39, 0.29) is 11.8 Å². The number of nitrogens with two attached hydrogens (primary N) is 1. The normalized spacial score (nSPS) is 10.9. The molecule has 2 N–H and O–H groups in total. The molecule has 0 radical (unpaired) electrons. The van der Waals surface area contributed by atoms with E-state index in [1.165, 1.54) is 0 Å². The van der Waals surface area contributed by atoms with Crippen molar-refractivity contribution in [2.45, 2.75) is 19.8 Å². The quantitative estimate of drug-likeness (QED) is 0.920. The smallest absolute Gasteiger partial charge is 0.230 e. The number of ether oxygens (including phenoxy) is 1. The highest BCUT2D eigenvalue weighted by atomic mass is 35.5. The summed E-state index contributed by atoms with van der Waals surface area (Å²) in [4.78, 5) is 0. The summed E-state index contributed by atoms with van der Waals surface area (Å²) in [6.45, 7) is 4.05. The number of aromatic nitrogens is 1. The van der Waals surface area contributed by atoms with Gasteiger partial charge < -0.3 is 15.0 Å². The van der Waals surface area contributed by atoms with Crippen LogP contribution in [0.5, 0.6) is 5.75 Å². The number of benzene rings is 1. The largest absolute Gasteiger partial charge is 0.496 e. The molecular weight excluding hydrogens is 252 g/mol. The molecule has 0 aliphatic heterocycles. The fraction of sp³-hybridized carbons (Fsp3) is 0.308. The van der Waals surface area contributed by atoms with Crippen LogP contribution in [0.2, 0.25) is 5.02 Å². The van der Waals surface area contributed by atoms with E-state index in [1.807, 2.05) is 13.8 Å². The molecule has 18 heavy (non-hydrogen) atoms. The second kappa shape index (κ2) is 4.90. The van der Waals surface area contributed by atoms with Crippen LogP contribution < -0.4 is 10.5 Å². The highest BCUT2D eigenvalue weighted by Crippen LogP contribution is 2.40. The van der Waals surface area contributed by atoms with E-state index in [9.17, 15) is 0 Å². The zero-order valence-electron chi connectivity index (χ0n) is 10.5. The molecule has 0 unspecified atom stereocenters. The maximum Gasteiger partial charge on any atom is 0.230 e. The highest BCUT2D eigenvalue weighted by molar-refractivity contribution is 6.31. The van der Waals surface area contributed by atoms with E-state index in [2.05, 4.69) is 5.16 Å². The Bertz CT molecular complexity index is 564. The van der Waals surface area contributed by atoms with Crippen LogP contribution in [-0.2, 0) is 0 Å². The maximum absolute atomic E-state index is 6.03. The third-order valence-electron chi connectivity index (χ3n) is 2.72. The number of nitrogens with zero attached hydrogens (tertiary/aromatic N) is 1. The summed E-state index contributed by atoms with van der Waals surface area (Å²) >= 11 is 6.03. The lowest BCUT2D eigenvalue weighted by atomic mass is 9.98. The lowest BCUT2D eigenvalue weighted by Crippen LogP contribution is -1.95. The first-order chi connectivity index (χ1) is 8.54. The van der Waals surface area contributed by atoms with Gasteiger partial charge in [0.2, 0.25) is 5.88 Å². The summed E-state index contributed by atoms with van der Waals surface area (Å²) in [5, 5.41) is 4.61. The molecule has 2 rings (SSSR count). The SMILES string of the molecule is COc1ccc(Cl)cc1-c1c(C(C)C)noc1N. The van der Waals surface area contributed by atoms with Crippen LogP contribution in [0, 0.1) is 0 Å². The Labute approximate surface area is 111 Å². The Hall–Kier alpha value is -1.68. The van der Waals surface area contributed by atoms with Crippen LogP contribution in [-0.4, -0.2) is 12.3 Å². The fourth-order valence-electron chi connectivity index (χ4n) is 1.86. The maximum atomic E-state index is 6.03. The molecule has 0 atom stereocenters. The average Bonchev–Trinajstić information content (AvgIpc) is 2.71. The van der Waals surface area contributed by atoms with Crippen molar-refractivity contribution in [3.8, 4) is 16.9 Å². The van der Waals surface area contributed by atoms with E-state index >= 15 is 0 Å². The van der Waals surface area contributed by atoms with Crippen molar-refractivity contribution in [1.82, 2.24) is 5.16 Å². The van der Waals surface area contributed by atoms with E-state index in [4.69, 9.17) is 26.6 Å². The van der Waals surface area contributed by atoms with E-state index < -0.39 is 0 Å². The van der Waals surface area contributed by atoms with Gasteiger partial charge >= 0.3 is 0 Å². The van der Waals surface area contributed by atoms with Gasteiger partial charge in [-0.25, -0.2) is 0 Å². The molecule has 5 heteroatoms. The van der Waals surface area contributed by atoms with Gasteiger partial charge in [0, 0.05) is 10.6 Å². The van der Waals surface area contributed by atoms with Crippen molar-refractivity contribution in [1.29, 1.82) is 0 Å². The Morgan fingerprint density at radius 2 is 2.11 bits per heavy atom.